The number of piperazine rings is 1. The summed E-state index contributed by atoms with van der Waals surface area (Å²) in [5.74, 6) is 0. The molecule has 72 valence electrons. The van der Waals surface area contributed by atoms with Crippen molar-refractivity contribution < 1.29 is 0 Å². The van der Waals surface area contributed by atoms with Gasteiger partial charge in [0.05, 0.1) is 0 Å². The van der Waals surface area contributed by atoms with Crippen molar-refractivity contribution >= 4 is 16.5 Å². The average Bonchev–Trinajstić information content (AvgIpc) is 2.53. The molecule has 2 heterocycles. The van der Waals surface area contributed by atoms with Crippen LogP contribution in [0.5, 0.6) is 0 Å². The molecule has 0 amide bonds. The lowest BCUT2D eigenvalue weighted by Crippen LogP contribution is -2.54. The lowest BCUT2D eigenvalue weighted by Gasteiger charge is -2.35. The van der Waals surface area contributed by atoms with Gasteiger partial charge in [-0.25, -0.2) is 4.98 Å². The van der Waals surface area contributed by atoms with Crippen molar-refractivity contribution in [3.63, 3.8) is 0 Å². The molecular formula is C9H15N3S. The van der Waals surface area contributed by atoms with Crippen LogP contribution in [-0.2, 0) is 0 Å². The topological polar surface area (TPSA) is 28.2 Å². The van der Waals surface area contributed by atoms with Crippen molar-refractivity contribution in [2.75, 3.05) is 18.0 Å². The second kappa shape index (κ2) is 3.64. The van der Waals surface area contributed by atoms with Crippen LogP contribution in [-0.4, -0.2) is 30.2 Å². The van der Waals surface area contributed by atoms with E-state index >= 15 is 0 Å². The first-order valence-corrected chi connectivity index (χ1v) is 5.54. The largest absolute Gasteiger partial charge is 0.345 e. The van der Waals surface area contributed by atoms with Crippen molar-refractivity contribution in [3.8, 4) is 0 Å². The monoisotopic (exact) mass is 197 g/mol. The summed E-state index contributed by atoms with van der Waals surface area (Å²) in [4.78, 5) is 6.68. The number of thiazole rings is 1. The van der Waals surface area contributed by atoms with Gasteiger partial charge in [0.1, 0.15) is 0 Å². The fourth-order valence-electron chi connectivity index (χ4n) is 1.86. The quantitative estimate of drug-likeness (QED) is 0.736. The first-order valence-electron chi connectivity index (χ1n) is 4.66. The Labute approximate surface area is 82.8 Å². The summed E-state index contributed by atoms with van der Waals surface area (Å²) in [5.41, 5.74) is 0. The molecule has 2 rings (SSSR count). The van der Waals surface area contributed by atoms with E-state index in [0.29, 0.717) is 12.1 Å². The molecule has 0 aliphatic carbocycles. The van der Waals surface area contributed by atoms with Crippen molar-refractivity contribution in [2.45, 2.75) is 25.9 Å². The molecule has 1 aliphatic heterocycles. The fourth-order valence-corrected chi connectivity index (χ4v) is 2.52. The van der Waals surface area contributed by atoms with Gasteiger partial charge in [-0.1, -0.05) is 0 Å². The van der Waals surface area contributed by atoms with Gasteiger partial charge in [-0.2, -0.15) is 0 Å². The van der Waals surface area contributed by atoms with E-state index in [1.54, 1.807) is 11.3 Å². The maximum absolute atomic E-state index is 4.33. The van der Waals surface area contributed by atoms with Gasteiger partial charge in [-0.3, -0.25) is 0 Å². The number of anilines is 1. The summed E-state index contributed by atoms with van der Waals surface area (Å²) in [6.45, 7) is 6.57. The molecule has 0 saturated carbocycles. The Bertz CT molecular complexity index is 250. The number of hydrogen-bond donors (Lipinski definition) is 1. The summed E-state index contributed by atoms with van der Waals surface area (Å²) in [6.07, 6.45) is 1.87. The lowest BCUT2D eigenvalue weighted by molar-refractivity contribution is 0.406. The Morgan fingerprint density at radius 1 is 1.46 bits per heavy atom. The summed E-state index contributed by atoms with van der Waals surface area (Å²) in [6, 6.07) is 1.13. The van der Waals surface area contributed by atoms with Crippen molar-refractivity contribution in [1.82, 2.24) is 10.3 Å². The van der Waals surface area contributed by atoms with E-state index in [0.717, 1.165) is 18.2 Å². The molecule has 0 aromatic carbocycles. The number of aromatic nitrogens is 1. The Balaban J connectivity index is 2.07. The van der Waals surface area contributed by atoms with Gasteiger partial charge in [0.15, 0.2) is 5.13 Å². The smallest absolute Gasteiger partial charge is 0.185 e. The maximum atomic E-state index is 4.33. The second-order valence-corrected chi connectivity index (χ2v) is 4.56. The zero-order valence-electron chi connectivity index (χ0n) is 8.03. The van der Waals surface area contributed by atoms with E-state index in [9.17, 15) is 0 Å². The molecule has 1 aromatic rings. The Hall–Kier alpha value is -0.610. The van der Waals surface area contributed by atoms with Gasteiger partial charge < -0.3 is 10.2 Å². The third-order valence-electron chi connectivity index (χ3n) is 2.25. The highest BCUT2D eigenvalue weighted by molar-refractivity contribution is 7.13. The normalized spacial score (nSPS) is 29.2. The Kier molecular flexibility index (Phi) is 2.51. The molecule has 3 nitrogen and oxygen atoms in total. The van der Waals surface area contributed by atoms with E-state index < -0.39 is 0 Å². The van der Waals surface area contributed by atoms with Crippen LogP contribution in [0.4, 0.5) is 5.13 Å². The molecule has 2 unspecified atom stereocenters. The SMILES string of the molecule is CC1CN(c2nccs2)CC(C)N1. The molecule has 1 saturated heterocycles. The van der Waals surface area contributed by atoms with Gasteiger partial charge in [-0.15, -0.1) is 11.3 Å². The van der Waals surface area contributed by atoms with Crippen LogP contribution in [0.15, 0.2) is 11.6 Å². The van der Waals surface area contributed by atoms with E-state index in [-0.39, 0.29) is 0 Å². The van der Waals surface area contributed by atoms with Gasteiger partial charge in [0.25, 0.3) is 0 Å². The van der Waals surface area contributed by atoms with E-state index in [2.05, 4.69) is 29.0 Å². The minimum Gasteiger partial charge on any atom is -0.345 e. The predicted octanol–water partition coefficient (Wildman–Crippen LogP) is 1.33. The van der Waals surface area contributed by atoms with Crippen molar-refractivity contribution in [3.05, 3.63) is 11.6 Å². The molecule has 4 heteroatoms. The zero-order chi connectivity index (χ0) is 9.26. The number of rotatable bonds is 1. The van der Waals surface area contributed by atoms with Gasteiger partial charge in [-0.05, 0) is 13.8 Å². The van der Waals surface area contributed by atoms with Crippen LogP contribution in [0.25, 0.3) is 0 Å². The molecule has 1 fully saturated rings. The lowest BCUT2D eigenvalue weighted by atomic mass is 10.2. The van der Waals surface area contributed by atoms with Crippen LogP contribution in [0.1, 0.15) is 13.8 Å². The Morgan fingerprint density at radius 2 is 2.15 bits per heavy atom. The van der Waals surface area contributed by atoms with Crippen molar-refractivity contribution in [2.24, 2.45) is 0 Å². The standard InChI is InChI=1S/C9H15N3S/c1-7-5-12(6-8(2)11-7)9-10-3-4-13-9/h3-4,7-8,11H,5-6H2,1-2H3. The minimum atomic E-state index is 0.563. The molecule has 0 spiro atoms. The highest BCUT2D eigenvalue weighted by Crippen LogP contribution is 2.19. The van der Waals surface area contributed by atoms with Crippen molar-refractivity contribution in [1.29, 1.82) is 0 Å². The van der Waals surface area contributed by atoms with Crippen LogP contribution >= 0.6 is 11.3 Å². The zero-order valence-corrected chi connectivity index (χ0v) is 8.84. The van der Waals surface area contributed by atoms with E-state index in [1.165, 1.54) is 0 Å². The second-order valence-electron chi connectivity index (χ2n) is 3.69. The average molecular weight is 197 g/mol. The number of nitrogens with zero attached hydrogens (tertiary/aromatic N) is 2. The summed E-state index contributed by atoms with van der Waals surface area (Å²) < 4.78 is 0. The number of nitrogens with one attached hydrogen (secondary N) is 1. The van der Waals surface area contributed by atoms with Gasteiger partial charge in [0, 0.05) is 36.8 Å². The highest BCUT2D eigenvalue weighted by Gasteiger charge is 2.21. The predicted molar refractivity (Wildman–Crippen MR) is 56.4 cm³/mol. The van der Waals surface area contributed by atoms with Crippen LogP contribution in [0.3, 0.4) is 0 Å². The molecule has 1 aromatic heterocycles. The first-order chi connectivity index (χ1) is 6.25. The number of hydrogen-bond acceptors (Lipinski definition) is 4. The van der Waals surface area contributed by atoms with Crippen LogP contribution in [0, 0.1) is 0 Å². The molecular weight excluding hydrogens is 182 g/mol. The first kappa shape index (κ1) is 8.97. The molecule has 1 N–H and O–H groups in total. The van der Waals surface area contributed by atoms with Crippen LogP contribution < -0.4 is 10.2 Å². The van der Waals surface area contributed by atoms with Gasteiger partial charge in [0.2, 0.25) is 0 Å². The Morgan fingerprint density at radius 3 is 2.69 bits per heavy atom. The molecule has 13 heavy (non-hydrogen) atoms. The molecule has 1 aliphatic rings. The van der Waals surface area contributed by atoms with Gasteiger partial charge >= 0.3 is 0 Å². The fraction of sp³-hybridized carbons (Fsp3) is 0.667. The maximum Gasteiger partial charge on any atom is 0.185 e. The third kappa shape index (κ3) is 2.00. The molecule has 0 bridgehead atoms. The van der Waals surface area contributed by atoms with E-state index in [4.69, 9.17) is 0 Å². The minimum absolute atomic E-state index is 0.563. The summed E-state index contributed by atoms with van der Waals surface area (Å²) >= 11 is 1.72. The summed E-state index contributed by atoms with van der Waals surface area (Å²) in [5, 5.41) is 6.69. The van der Waals surface area contributed by atoms with E-state index in [1.807, 2.05) is 11.6 Å². The van der Waals surface area contributed by atoms with Crippen LogP contribution in [0.2, 0.25) is 0 Å². The third-order valence-corrected chi connectivity index (χ3v) is 3.08. The molecule has 0 radical (unpaired) electrons. The molecule has 2 atom stereocenters. The highest BCUT2D eigenvalue weighted by atomic mass is 32.1. The summed E-state index contributed by atoms with van der Waals surface area (Å²) in [7, 11) is 0.